The molecule has 1 aliphatic heterocycles. The van der Waals surface area contributed by atoms with Gasteiger partial charge in [-0.15, -0.1) is 0 Å². The van der Waals surface area contributed by atoms with Gasteiger partial charge in [-0.2, -0.15) is 0 Å². The Hall–Kier alpha value is -3.11. The van der Waals surface area contributed by atoms with Crippen molar-refractivity contribution in [3.05, 3.63) is 102 Å². The third-order valence-corrected chi connectivity index (χ3v) is 7.92. The molecule has 0 aromatic heterocycles. The van der Waals surface area contributed by atoms with E-state index in [0.29, 0.717) is 36.8 Å². The molecule has 0 unspecified atom stereocenters. The Bertz CT molecular complexity index is 1130. The van der Waals surface area contributed by atoms with Crippen LogP contribution in [0.5, 0.6) is 5.75 Å². The van der Waals surface area contributed by atoms with Gasteiger partial charge in [0.15, 0.2) is 0 Å². The van der Waals surface area contributed by atoms with Gasteiger partial charge >= 0.3 is 0 Å². The molecule has 0 radical (unpaired) electrons. The predicted molar refractivity (Wildman–Crippen MR) is 159 cm³/mol. The summed E-state index contributed by atoms with van der Waals surface area (Å²) >= 11 is 0. The van der Waals surface area contributed by atoms with E-state index in [0.717, 1.165) is 42.7 Å². The average Bonchev–Trinajstić information content (AvgIpc) is 2.95. The molecule has 4 atom stereocenters. The molecule has 3 aromatic rings. The molecule has 39 heavy (non-hydrogen) atoms. The Morgan fingerprint density at radius 1 is 0.872 bits per heavy atom. The first-order valence-electron chi connectivity index (χ1n) is 14.7. The topological polar surface area (TPSA) is 47.6 Å². The molecule has 1 amide bonds. The first-order chi connectivity index (χ1) is 18.9. The third-order valence-electron chi connectivity index (χ3n) is 7.92. The highest BCUT2D eigenvalue weighted by molar-refractivity contribution is 5.77. The summed E-state index contributed by atoms with van der Waals surface area (Å²) in [6.45, 7) is 10.0. The number of hydrogen-bond acceptors (Lipinski definition) is 3. The summed E-state index contributed by atoms with van der Waals surface area (Å²) in [5.41, 5.74) is 3.64. The molecule has 0 saturated carbocycles. The van der Waals surface area contributed by atoms with Gasteiger partial charge in [-0.05, 0) is 79.7 Å². The molecule has 0 spiro atoms. The maximum absolute atomic E-state index is 13.3. The molecule has 208 valence electrons. The molecule has 1 heterocycles. The number of amides is 1. The van der Waals surface area contributed by atoms with Crippen LogP contribution in [0, 0.1) is 11.8 Å². The van der Waals surface area contributed by atoms with Gasteiger partial charge in [0.25, 0.3) is 0 Å². The van der Waals surface area contributed by atoms with E-state index < -0.39 is 0 Å². The van der Waals surface area contributed by atoms with Gasteiger partial charge in [0.1, 0.15) is 5.75 Å². The van der Waals surface area contributed by atoms with Gasteiger partial charge in [0, 0.05) is 25.5 Å². The first kappa shape index (κ1) is 28.9. The number of carbonyl (C=O) groups excluding carboxylic acids is 1. The van der Waals surface area contributed by atoms with E-state index in [2.05, 4.69) is 73.8 Å². The Morgan fingerprint density at radius 3 is 2.10 bits per heavy atom. The van der Waals surface area contributed by atoms with E-state index in [1.165, 1.54) is 5.56 Å². The van der Waals surface area contributed by atoms with Crippen LogP contribution < -0.4 is 10.1 Å². The van der Waals surface area contributed by atoms with Gasteiger partial charge in [0.2, 0.25) is 5.91 Å². The van der Waals surface area contributed by atoms with Crippen LogP contribution in [-0.2, 0) is 9.53 Å². The lowest BCUT2D eigenvalue weighted by Crippen LogP contribution is -2.34. The van der Waals surface area contributed by atoms with Crippen molar-refractivity contribution in [3.63, 3.8) is 0 Å². The molecule has 1 saturated heterocycles. The highest BCUT2D eigenvalue weighted by atomic mass is 16.5. The molecule has 0 bridgehead atoms. The monoisotopic (exact) mass is 527 g/mol. The molecular weight excluding hydrogens is 482 g/mol. The van der Waals surface area contributed by atoms with Gasteiger partial charge in [-0.25, -0.2) is 0 Å². The van der Waals surface area contributed by atoms with Crippen molar-refractivity contribution in [2.24, 2.45) is 11.8 Å². The van der Waals surface area contributed by atoms with Crippen LogP contribution in [0.3, 0.4) is 0 Å². The van der Waals surface area contributed by atoms with E-state index in [1.54, 1.807) is 0 Å². The predicted octanol–water partition coefficient (Wildman–Crippen LogP) is 7.74. The minimum atomic E-state index is -0.00786. The van der Waals surface area contributed by atoms with Crippen LogP contribution >= 0.6 is 0 Å². The number of benzene rings is 3. The van der Waals surface area contributed by atoms with E-state index in [1.807, 2.05) is 44.2 Å². The van der Waals surface area contributed by atoms with E-state index >= 15 is 0 Å². The lowest BCUT2D eigenvalue weighted by molar-refractivity contribution is -0.121. The van der Waals surface area contributed by atoms with E-state index in [-0.39, 0.29) is 17.9 Å². The van der Waals surface area contributed by atoms with Crippen molar-refractivity contribution in [3.8, 4) is 5.75 Å². The second kappa shape index (κ2) is 14.3. The van der Waals surface area contributed by atoms with Crippen molar-refractivity contribution in [1.82, 2.24) is 5.32 Å². The standard InChI is InChI=1S/C35H45NO3/c1-25(2)34-23-30(20-22-38-34)32(27-11-7-5-8-12-27)19-21-36-35(37)24-33(28-13-9-6-10-14-28)29-15-17-31(18-16-29)39-26(3)4/h5-18,25-26,30,32-34H,19-24H2,1-4H3,(H,36,37)/t30-,32-,33+,34+/m1/s1. The molecule has 1 aliphatic rings. The minimum absolute atomic E-state index is 0.00786. The maximum Gasteiger partial charge on any atom is 0.220 e. The molecule has 1 N–H and O–H groups in total. The normalized spacial score (nSPS) is 19.0. The van der Waals surface area contributed by atoms with Crippen molar-refractivity contribution in [2.75, 3.05) is 13.2 Å². The number of hydrogen-bond donors (Lipinski definition) is 1. The van der Waals surface area contributed by atoms with E-state index in [9.17, 15) is 4.79 Å². The minimum Gasteiger partial charge on any atom is -0.491 e. The zero-order valence-corrected chi connectivity index (χ0v) is 24.0. The fourth-order valence-electron chi connectivity index (χ4n) is 5.85. The summed E-state index contributed by atoms with van der Waals surface area (Å²) in [6.07, 6.45) is 3.94. The van der Waals surface area contributed by atoms with Crippen molar-refractivity contribution >= 4 is 5.91 Å². The van der Waals surface area contributed by atoms with Crippen molar-refractivity contribution in [1.29, 1.82) is 0 Å². The number of ether oxygens (including phenoxy) is 2. The lowest BCUT2D eigenvalue weighted by Gasteiger charge is -2.37. The molecule has 0 aliphatic carbocycles. The van der Waals surface area contributed by atoms with Crippen LogP contribution in [0.1, 0.15) is 81.9 Å². The molecule has 4 rings (SSSR count). The summed E-state index contributed by atoms with van der Waals surface area (Å²) in [6, 6.07) is 29.3. The first-order valence-corrected chi connectivity index (χ1v) is 14.7. The lowest BCUT2D eigenvalue weighted by atomic mass is 9.76. The second-order valence-corrected chi connectivity index (χ2v) is 11.5. The summed E-state index contributed by atoms with van der Waals surface area (Å²) in [7, 11) is 0. The zero-order valence-electron chi connectivity index (χ0n) is 24.0. The second-order valence-electron chi connectivity index (χ2n) is 11.5. The van der Waals surface area contributed by atoms with Crippen molar-refractivity contribution in [2.45, 2.75) is 77.4 Å². The summed E-state index contributed by atoms with van der Waals surface area (Å²) in [4.78, 5) is 13.3. The quantitative estimate of drug-likeness (QED) is 0.262. The third kappa shape index (κ3) is 8.44. The molecule has 4 heteroatoms. The van der Waals surface area contributed by atoms with Gasteiger partial charge in [-0.3, -0.25) is 4.79 Å². The van der Waals surface area contributed by atoms with Gasteiger partial charge in [0.05, 0.1) is 12.2 Å². The Labute approximate surface area is 235 Å². The largest absolute Gasteiger partial charge is 0.491 e. The fourth-order valence-corrected chi connectivity index (χ4v) is 5.85. The van der Waals surface area contributed by atoms with Crippen molar-refractivity contribution < 1.29 is 14.3 Å². The van der Waals surface area contributed by atoms with Crippen LogP contribution in [-0.4, -0.2) is 31.3 Å². The highest BCUT2D eigenvalue weighted by Crippen LogP contribution is 2.38. The number of rotatable bonds is 12. The molecule has 4 nitrogen and oxygen atoms in total. The summed E-state index contributed by atoms with van der Waals surface area (Å²) in [5.74, 6) is 2.43. The number of carbonyl (C=O) groups is 1. The highest BCUT2D eigenvalue weighted by Gasteiger charge is 2.31. The van der Waals surface area contributed by atoms with Crippen LogP contribution in [0.2, 0.25) is 0 Å². The van der Waals surface area contributed by atoms with Gasteiger partial charge < -0.3 is 14.8 Å². The number of nitrogens with one attached hydrogen (secondary N) is 1. The average molecular weight is 528 g/mol. The SMILES string of the molecule is CC(C)Oc1ccc([C@@H](CC(=O)NCC[C@H](c2ccccc2)[C@@H]2CCO[C@H](C(C)C)C2)c2ccccc2)cc1. The smallest absolute Gasteiger partial charge is 0.220 e. The molecule has 1 fully saturated rings. The maximum atomic E-state index is 13.3. The molecular formula is C35H45NO3. The van der Waals surface area contributed by atoms with Crippen LogP contribution in [0.25, 0.3) is 0 Å². The summed E-state index contributed by atoms with van der Waals surface area (Å²) in [5, 5.41) is 3.27. The zero-order chi connectivity index (χ0) is 27.6. The van der Waals surface area contributed by atoms with Crippen LogP contribution in [0.4, 0.5) is 0 Å². The van der Waals surface area contributed by atoms with Crippen LogP contribution in [0.15, 0.2) is 84.9 Å². The van der Waals surface area contributed by atoms with E-state index in [4.69, 9.17) is 9.47 Å². The Balaban J connectivity index is 1.42. The van der Waals surface area contributed by atoms with Gasteiger partial charge in [-0.1, -0.05) is 86.6 Å². The molecule has 3 aromatic carbocycles. The Kier molecular flexibility index (Phi) is 10.6. The fraction of sp³-hybridized carbons (Fsp3) is 0.457. The summed E-state index contributed by atoms with van der Waals surface area (Å²) < 4.78 is 11.9. The Morgan fingerprint density at radius 2 is 1.49 bits per heavy atom.